The summed E-state index contributed by atoms with van der Waals surface area (Å²) in [7, 11) is 0. The van der Waals surface area contributed by atoms with Gasteiger partial charge in [0.2, 0.25) is 0 Å². The topological polar surface area (TPSA) is 75.3 Å². The highest BCUT2D eigenvalue weighted by Crippen LogP contribution is 2.18. The Bertz CT molecular complexity index is 534. The van der Waals surface area contributed by atoms with Gasteiger partial charge in [-0.3, -0.25) is 4.68 Å². The Balaban J connectivity index is 2.38. The number of carbonyl (C=O) groups is 1. The zero-order valence-electron chi connectivity index (χ0n) is 9.33. The van der Waals surface area contributed by atoms with Crippen LogP contribution in [-0.4, -0.2) is 32.6 Å². The summed E-state index contributed by atoms with van der Waals surface area (Å²) in [5.74, 6) is -1.01. The highest BCUT2D eigenvalue weighted by atomic mass is 16.4. The first-order chi connectivity index (χ1) is 8.24. The van der Waals surface area contributed by atoms with Gasteiger partial charge in [-0.15, -0.1) is 0 Å². The van der Waals surface area contributed by atoms with Gasteiger partial charge in [0.25, 0.3) is 0 Å². The van der Waals surface area contributed by atoms with Crippen LogP contribution in [0.4, 0.5) is 0 Å². The summed E-state index contributed by atoms with van der Waals surface area (Å²) in [6, 6.07) is 7.27. The van der Waals surface area contributed by atoms with E-state index in [0.717, 1.165) is 11.9 Å². The molecule has 0 bridgehead atoms. The molecule has 0 unspecified atom stereocenters. The molecule has 0 saturated carbocycles. The van der Waals surface area contributed by atoms with Crippen molar-refractivity contribution in [2.45, 2.75) is 19.4 Å². The molecule has 0 saturated heterocycles. The summed E-state index contributed by atoms with van der Waals surface area (Å²) in [4.78, 5) is 11.0. The van der Waals surface area contributed by atoms with Crippen molar-refractivity contribution in [1.29, 1.82) is 0 Å². The highest BCUT2D eigenvalue weighted by molar-refractivity contribution is 6.01. The number of fused-ring (bicyclic) bond motifs is 1. The quantitative estimate of drug-likeness (QED) is 0.769. The lowest BCUT2D eigenvalue weighted by molar-refractivity contribution is 0.0691. The van der Waals surface area contributed by atoms with Gasteiger partial charge in [-0.1, -0.05) is 18.2 Å². The van der Waals surface area contributed by atoms with E-state index in [4.69, 9.17) is 10.2 Å². The van der Waals surface area contributed by atoms with E-state index in [1.807, 2.05) is 12.1 Å². The monoisotopic (exact) mass is 234 g/mol. The van der Waals surface area contributed by atoms with Crippen LogP contribution in [0.15, 0.2) is 24.3 Å². The second-order valence-electron chi connectivity index (χ2n) is 3.82. The Labute approximate surface area is 98.3 Å². The van der Waals surface area contributed by atoms with E-state index in [0.29, 0.717) is 18.4 Å². The summed E-state index contributed by atoms with van der Waals surface area (Å²) >= 11 is 0. The summed E-state index contributed by atoms with van der Waals surface area (Å²) in [5.41, 5.74) is 0.910. The Morgan fingerprint density at radius 3 is 2.76 bits per heavy atom. The molecular formula is C12H14N2O3. The summed E-state index contributed by atoms with van der Waals surface area (Å²) in [5, 5.41) is 22.5. The van der Waals surface area contributed by atoms with Crippen molar-refractivity contribution in [3.8, 4) is 0 Å². The van der Waals surface area contributed by atoms with Gasteiger partial charge in [-0.2, -0.15) is 5.10 Å². The maximum atomic E-state index is 11.0. The Morgan fingerprint density at radius 2 is 2.06 bits per heavy atom. The number of carboxylic acids is 1. The molecular weight excluding hydrogens is 220 g/mol. The molecule has 2 N–H and O–H groups in total. The maximum absolute atomic E-state index is 11.0. The molecule has 0 aliphatic rings. The lowest BCUT2D eigenvalue weighted by atomic mass is 10.2. The Morgan fingerprint density at radius 1 is 1.29 bits per heavy atom. The Hall–Kier alpha value is -1.88. The molecule has 5 heteroatoms. The third-order valence-corrected chi connectivity index (χ3v) is 2.64. The molecule has 1 aromatic heterocycles. The first-order valence-electron chi connectivity index (χ1n) is 5.53. The number of aryl methyl sites for hydroxylation is 1. The molecule has 90 valence electrons. The molecule has 5 nitrogen and oxygen atoms in total. The third kappa shape index (κ3) is 2.29. The molecule has 0 fully saturated rings. The van der Waals surface area contributed by atoms with Gasteiger partial charge in [0.1, 0.15) is 0 Å². The van der Waals surface area contributed by atoms with Crippen LogP contribution in [0.2, 0.25) is 0 Å². The molecule has 0 aliphatic heterocycles. The number of aliphatic hydroxyl groups excluding tert-OH is 1. The molecule has 2 rings (SSSR count). The molecule has 1 aromatic carbocycles. The van der Waals surface area contributed by atoms with Crippen LogP contribution in [0.5, 0.6) is 0 Å². The number of hydrogen-bond donors (Lipinski definition) is 2. The number of aliphatic hydroxyl groups is 1. The molecule has 1 heterocycles. The average Bonchev–Trinajstić information content (AvgIpc) is 2.69. The van der Waals surface area contributed by atoms with Crippen LogP contribution in [0, 0.1) is 0 Å². The van der Waals surface area contributed by atoms with E-state index in [-0.39, 0.29) is 12.3 Å². The minimum absolute atomic E-state index is 0.0876. The van der Waals surface area contributed by atoms with Crippen molar-refractivity contribution in [3.05, 3.63) is 30.0 Å². The van der Waals surface area contributed by atoms with E-state index in [1.54, 1.807) is 16.8 Å². The molecule has 0 amide bonds. The predicted octanol–water partition coefficient (Wildman–Crippen LogP) is 1.51. The molecule has 2 aromatic rings. The molecule has 0 radical (unpaired) electrons. The lowest BCUT2D eigenvalue weighted by Gasteiger charge is -2.01. The van der Waals surface area contributed by atoms with Crippen molar-refractivity contribution in [2.24, 2.45) is 0 Å². The fourth-order valence-corrected chi connectivity index (χ4v) is 1.83. The Kier molecular flexibility index (Phi) is 3.39. The fourth-order valence-electron chi connectivity index (χ4n) is 1.83. The van der Waals surface area contributed by atoms with Gasteiger partial charge >= 0.3 is 5.97 Å². The average molecular weight is 234 g/mol. The van der Waals surface area contributed by atoms with E-state index in [2.05, 4.69) is 5.10 Å². The van der Waals surface area contributed by atoms with Crippen LogP contribution in [0.1, 0.15) is 23.3 Å². The van der Waals surface area contributed by atoms with Crippen molar-refractivity contribution in [2.75, 3.05) is 6.61 Å². The van der Waals surface area contributed by atoms with E-state index in [9.17, 15) is 4.79 Å². The van der Waals surface area contributed by atoms with Gasteiger partial charge < -0.3 is 10.2 Å². The van der Waals surface area contributed by atoms with Crippen LogP contribution in [0.3, 0.4) is 0 Å². The van der Waals surface area contributed by atoms with E-state index < -0.39 is 5.97 Å². The van der Waals surface area contributed by atoms with Crippen molar-refractivity contribution >= 4 is 16.9 Å². The van der Waals surface area contributed by atoms with Crippen LogP contribution in [0.25, 0.3) is 10.9 Å². The second-order valence-corrected chi connectivity index (χ2v) is 3.82. The number of aromatic nitrogens is 2. The largest absolute Gasteiger partial charge is 0.476 e. The molecule has 0 aliphatic carbocycles. The summed E-state index contributed by atoms with van der Waals surface area (Å²) < 4.78 is 1.69. The third-order valence-electron chi connectivity index (χ3n) is 2.64. The number of unbranched alkanes of at least 4 members (excludes halogenated alkanes) is 1. The van der Waals surface area contributed by atoms with Gasteiger partial charge in [0, 0.05) is 18.5 Å². The van der Waals surface area contributed by atoms with Crippen LogP contribution in [-0.2, 0) is 6.54 Å². The predicted molar refractivity (Wildman–Crippen MR) is 63.0 cm³/mol. The first-order valence-corrected chi connectivity index (χ1v) is 5.53. The standard InChI is InChI=1S/C12H14N2O3/c15-8-4-3-7-14-10-6-2-1-5-9(10)11(13-14)12(16)17/h1-2,5-6,15H,3-4,7-8H2,(H,16,17). The van der Waals surface area contributed by atoms with Crippen molar-refractivity contribution in [1.82, 2.24) is 9.78 Å². The maximum Gasteiger partial charge on any atom is 0.357 e. The van der Waals surface area contributed by atoms with Crippen molar-refractivity contribution < 1.29 is 15.0 Å². The number of para-hydroxylation sites is 1. The van der Waals surface area contributed by atoms with Crippen molar-refractivity contribution in [3.63, 3.8) is 0 Å². The number of aromatic carboxylic acids is 1. The van der Waals surface area contributed by atoms with Crippen LogP contribution < -0.4 is 0 Å². The van der Waals surface area contributed by atoms with E-state index in [1.165, 1.54) is 0 Å². The summed E-state index contributed by atoms with van der Waals surface area (Å²) in [6.45, 7) is 0.763. The molecule has 0 spiro atoms. The second kappa shape index (κ2) is 4.97. The van der Waals surface area contributed by atoms with Gasteiger partial charge in [0.15, 0.2) is 5.69 Å². The number of nitrogens with zero attached hydrogens (tertiary/aromatic N) is 2. The summed E-state index contributed by atoms with van der Waals surface area (Å²) in [6.07, 6.45) is 1.47. The normalized spacial score (nSPS) is 10.9. The SMILES string of the molecule is O=C(O)c1nn(CCCCO)c2ccccc12. The fraction of sp³-hybridized carbons (Fsp3) is 0.333. The van der Waals surface area contributed by atoms with Gasteiger partial charge in [-0.05, 0) is 18.9 Å². The first kappa shape index (κ1) is 11.6. The highest BCUT2D eigenvalue weighted by Gasteiger charge is 2.15. The molecule has 17 heavy (non-hydrogen) atoms. The minimum atomic E-state index is -1.01. The number of carboxylic acid groups (broad SMARTS) is 1. The number of hydrogen-bond acceptors (Lipinski definition) is 3. The van der Waals surface area contributed by atoms with Gasteiger partial charge in [0.05, 0.1) is 5.52 Å². The minimum Gasteiger partial charge on any atom is -0.476 e. The van der Waals surface area contributed by atoms with Gasteiger partial charge in [-0.25, -0.2) is 4.79 Å². The van der Waals surface area contributed by atoms with E-state index >= 15 is 0 Å². The number of benzene rings is 1. The lowest BCUT2D eigenvalue weighted by Crippen LogP contribution is -2.04. The smallest absolute Gasteiger partial charge is 0.357 e. The molecule has 0 atom stereocenters. The zero-order chi connectivity index (χ0) is 12.3. The van der Waals surface area contributed by atoms with Crippen LogP contribution >= 0.6 is 0 Å². The number of rotatable bonds is 5. The zero-order valence-corrected chi connectivity index (χ0v) is 9.33.